The van der Waals surface area contributed by atoms with Crippen molar-refractivity contribution in [1.82, 2.24) is 0 Å². The van der Waals surface area contributed by atoms with Crippen LogP contribution in [0.1, 0.15) is 52.7 Å². The van der Waals surface area contributed by atoms with Crippen LogP contribution in [0.3, 0.4) is 0 Å². The summed E-state index contributed by atoms with van der Waals surface area (Å²) in [7, 11) is 0. The minimum atomic E-state index is 0.302. The molecule has 2 aromatic rings. The van der Waals surface area contributed by atoms with E-state index in [0.29, 0.717) is 10.8 Å². The second-order valence-electron chi connectivity index (χ2n) is 7.99. The van der Waals surface area contributed by atoms with Gasteiger partial charge in [-0.1, -0.05) is 65.8 Å². The smallest absolute Gasteiger partial charge is 0.0153 e. The van der Waals surface area contributed by atoms with Gasteiger partial charge in [0.25, 0.3) is 0 Å². The van der Waals surface area contributed by atoms with Crippen LogP contribution >= 0.6 is 11.8 Å². The largest absolute Gasteiger partial charge is 0.125 e. The van der Waals surface area contributed by atoms with Crippen LogP contribution in [0.2, 0.25) is 0 Å². The van der Waals surface area contributed by atoms with Gasteiger partial charge in [0.2, 0.25) is 0 Å². The Morgan fingerprint density at radius 2 is 1.64 bits per heavy atom. The van der Waals surface area contributed by atoms with Crippen molar-refractivity contribution < 1.29 is 0 Å². The molecule has 0 aliphatic rings. The Labute approximate surface area is 140 Å². The van der Waals surface area contributed by atoms with Crippen LogP contribution in [0.15, 0.2) is 35.2 Å². The lowest BCUT2D eigenvalue weighted by Crippen LogP contribution is -2.31. The van der Waals surface area contributed by atoms with Gasteiger partial charge < -0.3 is 0 Å². The third kappa shape index (κ3) is 3.35. The van der Waals surface area contributed by atoms with E-state index in [1.54, 1.807) is 0 Å². The molecule has 1 heteroatoms. The summed E-state index contributed by atoms with van der Waals surface area (Å²) in [5, 5.41) is 2.85. The fourth-order valence-electron chi connectivity index (χ4n) is 2.57. The number of hydrogen-bond donors (Lipinski definition) is 0. The maximum Gasteiger partial charge on any atom is 0.0153 e. The monoisotopic (exact) mass is 314 g/mol. The number of hydrogen-bond acceptors (Lipinski definition) is 1. The molecule has 2 aromatic carbocycles. The van der Waals surface area contributed by atoms with Crippen molar-refractivity contribution in [3.05, 3.63) is 41.5 Å². The third-order valence-corrected chi connectivity index (χ3v) is 6.84. The third-order valence-electron chi connectivity index (χ3n) is 5.32. The number of thioether (sulfide) groups is 1. The second-order valence-corrected chi connectivity index (χ2v) is 9.01. The molecule has 0 amide bonds. The van der Waals surface area contributed by atoms with Gasteiger partial charge in [-0.15, -0.1) is 11.8 Å². The Morgan fingerprint density at radius 1 is 0.955 bits per heavy atom. The van der Waals surface area contributed by atoms with E-state index in [4.69, 9.17) is 0 Å². The van der Waals surface area contributed by atoms with Crippen molar-refractivity contribution in [2.24, 2.45) is 10.8 Å². The maximum atomic E-state index is 2.39. The molecule has 22 heavy (non-hydrogen) atoms. The van der Waals surface area contributed by atoms with Gasteiger partial charge in [0.05, 0.1) is 0 Å². The quantitative estimate of drug-likeness (QED) is 0.554. The SMILES string of the molecule is CCc1c(C)ccc2cccc(SCC(C)(C)C(C)(C)C)c12. The highest BCUT2D eigenvalue weighted by molar-refractivity contribution is 7.99. The van der Waals surface area contributed by atoms with E-state index in [1.165, 1.54) is 26.8 Å². The molecule has 0 radical (unpaired) electrons. The number of aryl methyl sites for hydroxylation is 2. The van der Waals surface area contributed by atoms with Crippen LogP contribution in [-0.2, 0) is 6.42 Å². The molecule has 0 aliphatic heterocycles. The first-order chi connectivity index (χ1) is 10.2. The molecule has 120 valence electrons. The van der Waals surface area contributed by atoms with Crippen LogP contribution in [0.25, 0.3) is 10.8 Å². The van der Waals surface area contributed by atoms with Crippen LogP contribution in [-0.4, -0.2) is 5.75 Å². The summed E-state index contributed by atoms with van der Waals surface area (Å²) in [5.41, 5.74) is 3.54. The average molecular weight is 315 g/mol. The Bertz CT molecular complexity index is 659. The fraction of sp³-hybridized carbons (Fsp3) is 0.524. The highest BCUT2D eigenvalue weighted by atomic mass is 32.2. The zero-order chi connectivity index (χ0) is 16.5. The lowest BCUT2D eigenvalue weighted by Gasteiger charge is -2.38. The Kier molecular flexibility index (Phi) is 4.96. The lowest BCUT2D eigenvalue weighted by molar-refractivity contribution is 0.162. The van der Waals surface area contributed by atoms with Crippen molar-refractivity contribution >= 4 is 22.5 Å². The first kappa shape index (κ1) is 17.4. The van der Waals surface area contributed by atoms with Crippen LogP contribution in [0.5, 0.6) is 0 Å². The summed E-state index contributed by atoms with van der Waals surface area (Å²) < 4.78 is 0. The first-order valence-corrected chi connectivity index (χ1v) is 9.30. The summed E-state index contributed by atoms with van der Waals surface area (Å²) in [6.07, 6.45) is 1.10. The molecule has 0 atom stereocenters. The van der Waals surface area contributed by atoms with Crippen LogP contribution < -0.4 is 0 Å². The zero-order valence-corrected chi connectivity index (χ0v) is 16.0. The molecule has 0 aliphatic carbocycles. The van der Waals surface area contributed by atoms with Gasteiger partial charge in [-0.3, -0.25) is 0 Å². The molecule has 0 bridgehead atoms. The maximum absolute atomic E-state index is 2.39. The summed E-state index contributed by atoms with van der Waals surface area (Å²) in [5.74, 6) is 1.15. The van der Waals surface area contributed by atoms with E-state index in [2.05, 4.69) is 78.8 Å². The highest BCUT2D eigenvalue weighted by Crippen LogP contribution is 2.43. The van der Waals surface area contributed by atoms with Gasteiger partial charge in [0, 0.05) is 10.6 Å². The molecule has 0 spiro atoms. The molecular weight excluding hydrogens is 284 g/mol. The number of benzene rings is 2. The zero-order valence-electron chi connectivity index (χ0n) is 15.2. The number of fused-ring (bicyclic) bond motifs is 1. The lowest BCUT2D eigenvalue weighted by atomic mass is 9.71. The molecule has 0 saturated carbocycles. The van der Waals surface area contributed by atoms with Crippen molar-refractivity contribution in [2.45, 2.75) is 59.8 Å². The van der Waals surface area contributed by atoms with Gasteiger partial charge in [-0.2, -0.15) is 0 Å². The van der Waals surface area contributed by atoms with Crippen molar-refractivity contribution in [1.29, 1.82) is 0 Å². The Morgan fingerprint density at radius 3 is 2.23 bits per heavy atom. The van der Waals surface area contributed by atoms with Gasteiger partial charge in [0.1, 0.15) is 0 Å². The van der Waals surface area contributed by atoms with Crippen molar-refractivity contribution in [3.8, 4) is 0 Å². The van der Waals surface area contributed by atoms with Gasteiger partial charge in [-0.25, -0.2) is 0 Å². The Balaban J connectivity index is 2.42. The summed E-state index contributed by atoms with van der Waals surface area (Å²) in [4.78, 5) is 1.44. The van der Waals surface area contributed by atoms with Crippen LogP contribution in [0, 0.1) is 17.8 Å². The Hall–Kier alpha value is -0.950. The van der Waals surface area contributed by atoms with E-state index in [-0.39, 0.29) is 0 Å². The topological polar surface area (TPSA) is 0 Å². The molecule has 0 N–H and O–H groups in total. The van der Waals surface area contributed by atoms with Gasteiger partial charge in [-0.05, 0) is 52.1 Å². The second kappa shape index (κ2) is 6.28. The molecule has 0 unspecified atom stereocenters. The molecule has 0 heterocycles. The molecular formula is C21H30S. The minimum Gasteiger partial charge on any atom is -0.125 e. The highest BCUT2D eigenvalue weighted by Gasteiger charge is 2.32. The summed E-state index contributed by atoms with van der Waals surface area (Å²) >= 11 is 2.02. The number of rotatable bonds is 4. The molecule has 0 saturated heterocycles. The predicted octanol–water partition coefficient (Wildman–Crippen LogP) is 6.88. The van der Waals surface area contributed by atoms with E-state index in [9.17, 15) is 0 Å². The summed E-state index contributed by atoms with van der Waals surface area (Å²) in [6, 6.07) is 11.3. The van der Waals surface area contributed by atoms with Crippen molar-refractivity contribution in [3.63, 3.8) is 0 Å². The van der Waals surface area contributed by atoms with Crippen LogP contribution in [0.4, 0.5) is 0 Å². The van der Waals surface area contributed by atoms with E-state index in [0.717, 1.165) is 12.2 Å². The standard InChI is InChI=1S/C21H30S/c1-8-17-15(2)12-13-16-10-9-11-18(19(16)17)22-14-21(6,7)20(3,4)5/h9-13H,8,14H2,1-7H3. The summed E-state index contributed by atoms with van der Waals surface area (Å²) in [6.45, 7) is 16.3. The molecule has 2 rings (SSSR count). The minimum absolute atomic E-state index is 0.302. The average Bonchev–Trinajstić information content (AvgIpc) is 2.44. The van der Waals surface area contributed by atoms with Gasteiger partial charge in [0.15, 0.2) is 0 Å². The fourth-order valence-corrected chi connectivity index (χ4v) is 4.08. The normalized spacial score (nSPS) is 12.9. The van der Waals surface area contributed by atoms with Gasteiger partial charge >= 0.3 is 0 Å². The predicted molar refractivity (Wildman–Crippen MR) is 102 cm³/mol. The first-order valence-electron chi connectivity index (χ1n) is 8.31. The molecule has 0 nitrogen and oxygen atoms in total. The van der Waals surface area contributed by atoms with E-state index in [1.807, 2.05) is 11.8 Å². The molecule has 0 fully saturated rings. The van der Waals surface area contributed by atoms with Crippen molar-refractivity contribution in [2.75, 3.05) is 5.75 Å². The molecule has 0 aromatic heterocycles. The van der Waals surface area contributed by atoms with E-state index >= 15 is 0 Å². The van der Waals surface area contributed by atoms with E-state index < -0.39 is 0 Å².